The number of thiazole rings is 1. The van der Waals surface area contributed by atoms with E-state index in [-0.39, 0.29) is 0 Å². The number of nitrogens with two attached hydrogens (primary N) is 1. The fraction of sp³-hybridized carbons (Fsp3) is 0.111. The summed E-state index contributed by atoms with van der Waals surface area (Å²) in [5, 5.41) is 7.19. The fourth-order valence-electron chi connectivity index (χ4n) is 2.21. The molecule has 3 rings (SSSR count). The van der Waals surface area contributed by atoms with Gasteiger partial charge in [0.2, 0.25) is 5.13 Å². The van der Waals surface area contributed by atoms with Crippen LogP contribution in [0.5, 0.6) is 11.5 Å². The van der Waals surface area contributed by atoms with Crippen LogP contribution in [0.15, 0.2) is 52.9 Å². The number of para-hydroxylation sites is 1. The third-order valence-electron chi connectivity index (χ3n) is 3.44. The van der Waals surface area contributed by atoms with Gasteiger partial charge in [-0.25, -0.2) is 4.98 Å². The Kier molecular flexibility index (Phi) is 5.93. The summed E-state index contributed by atoms with van der Waals surface area (Å²) < 4.78 is 11.4. The van der Waals surface area contributed by atoms with Gasteiger partial charge in [-0.15, -0.1) is 11.3 Å². The van der Waals surface area contributed by atoms with Crippen molar-refractivity contribution in [3.8, 4) is 11.5 Å². The van der Waals surface area contributed by atoms with Gasteiger partial charge in [0.15, 0.2) is 11.5 Å². The maximum absolute atomic E-state index is 6.19. The molecule has 0 aliphatic carbocycles. The van der Waals surface area contributed by atoms with Crippen LogP contribution in [0.4, 0.5) is 10.9 Å². The lowest BCUT2D eigenvalue weighted by atomic mass is 10.2. The topological polar surface area (TPSA) is 81.8 Å². The number of hydrazone groups is 1. The highest BCUT2D eigenvalue weighted by atomic mass is 35.5. The van der Waals surface area contributed by atoms with Crippen LogP contribution in [0.25, 0.3) is 0 Å². The summed E-state index contributed by atoms with van der Waals surface area (Å²) in [6.45, 7) is 0.317. The third-order valence-corrected chi connectivity index (χ3v) is 4.58. The normalized spacial score (nSPS) is 10.8. The maximum atomic E-state index is 6.19. The van der Waals surface area contributed by atoms with E-state index in [1.54, 1.807) is 18.7 Å². The van der Waals surface area contributed by atoms with Crippen molar-refractivity contribution < 1.29 is 9.47 Å². The zero-order valence-electron chi connectivity index (χ0n) is 14.0. The number of ether oxygens (including phenoxy) is 2. The van der Waals surface area contributed by atoms with E-state index in [9.17, 15) is 0 Å². The highest BCUT2D eigenvalue weighted by Crippen LogP contribution is 2.31. The molecule has 0 bridgehead atoms. The lowest BCUT2D eigenvalue weighted by molar-refractivity contribution is 0.284. The van der Waals surface area contributed by atoms with E-state index in [2.05, 4.69) is 15.5 Å². The average Bonchev–Trinajstić information content (AvgIpc) is 3.06. The number of hydrogen-bond donors (Lipinski definition) is 2. The van der Waals surface area contributed by atoms with Gasteiger partial charge in [0.1, 0.15) is 12.4 Å². The molecule has 134 valence electrons. The number of hydrogen-bond acceptors (Lipinski definition) is 7. The minimum atomic E-state index is 0.317. The highest BCUT2D eigenvalue weighted by molar-refractivity contribution is 7.14. The van der Waals surface area contributed by atoms with E-state index in [4.69, 9.17) is 26.8 Å². The van der Waals surface area contributed by atoms with Gasteiger partial charge < -0.3 is 15.2 Å². The van der Waals surface area contributed by atoms with Crippen LogP contribution in [0.1, 0.15) is 11.1 Å². The quantitative estimate of drug-likeness (QED) is 0.462. The number of nitrogens with one attached hydrogen (secondary N) is 1. The van der Waals surface area contributed by atoms with Crippen LogP contribution in [-0.2, 0) is 6.61 Å². The monoisotopic (exact) mass is 388 g/mol. The Morgan fingerprint density at radius 2 is 2.12 bits per heavy atom. The molecule has 3 aromatic rings. The number of methoxy groups -OCH3 is 1. The van der Waals surface area contributed by atoms with Gasteiger partial charge >= 0.3 is 0 Å². The Bertz CT molecular complexity index is 914. The molecule has 0 radical (unpaired) electrons. The first-order chi connectivity index (χ1) is 12.7. The van der Waals surface area contributed by atoms with Gasteiger partial charge in [0.05, 0.1) is 13.3 Å². The third kappa shape index (κ3) is 4.44. The van der Waals surface area contributed by atoms with Crippen molar-refractivity contribution in [2.45, 2.75) is 6.61 Å². The molecule has 0 fully saturated rings. The molecule has 3 N–H and O–H groups in total. The molecule has 26 heavy (non-hydrogen) atoms. The Morgan fingerprint density at radius 1 is 1.27 bits per heavy atom. The number of rotatable bonds is 7. The van der Waals surface area contributed by atoms with Gasteiger partial charge in [-0.05, 0) is 18.2 Å². The van der Waals surface area contributed by atoms with E-state index >= 15 is 0 Å². The van der Waals surface area contributed by atoms with Gasteiger partial charge in [0.25, 0.3) is 0 Å². The molecule has 1 aromatic heterocycles. The Hall–Kier alpha value is -2.77. The predicted molar refractivity (Wildman–Crippen MR) is 107 cm³/mol. The average molecular weight is 389 g/mol. The summed E-state index contributed by atoms with van der Waals surface area (Å²) in [5.41, 5.74) is 10.1. The van der Waals surface area contributed by atoms with Crippen molar-refractivity contribution in [3.05, 3.63) is 64.0 Å². The van der Waals surface area contributed by atoms with E-state index in [0.29, 0.717) is 34.1 Å². The molecule has 0 aliphatic heterocycles. The van der Waals surface area contributed by atoms with Crippen LogP contribution in [0.3, 0.4) is 0 Å². The lowest BCUT2D eigenvalue weighted by Crippen LogP contribution is -2.02. The Labute approximate surface area is 160 Å². The smallest absolute Gasteiger partial charge is 0.205 e. The first kappa shape index (κ1) is 18.0. The first-order valence-corrected chi connectivity index (χ1v) is 8.96. The number of nitrogen functional groups attached to an aromatic ring is 1. The van der Waals surface area contributed by atoms with Gasteiger partial charge in [-0.1, -0.05) is 35.9 Å². The summed E-state index contributed by atoms with van der Waals surface area (Å²) in [6.07, 6.45) is 1.64. The van der Waals surface area contributed by atoms with Crippen molar-refractivity contribution in [2.24, 2.45) is 5.10 Å². The molecular weight excluding hydrogens is 372 g/mol. The van der Waals surface area contributed by atoms with Gasteiger partial charge in [-0.3, -0.25) is 5.43 Å². The molecule has 1 heterocycles. The molecule has 0 unspecified atom stereocenters. The zero-order valence-corrected chi connectivity index (χ0v) is 15.6. The second-order valence-corrected chi connectivity index (χ2v) is 6.47. The Morgan fingerprint density at radius 3 is 2.85 bits per heavy atom. The molecule has 0 aliphatic rings. The van der Waals surface area contributed by atoms with Crippen LogP contribution in [0.2, 0.25) is 5.02 Å². The summed E-state index contributed by atoms with van der Waals surface area (Å²) in [5.74, 6) is 1.65. The second kappa shape index (κ2) is 8.55. The van der Waals surface area contributed by atoms with Crippen LogP contribution in [-0.4, -0.2) is 18.3 Å². The molecule has 2 aromatic carbocycles. The summed E-state index contributed by atoms with van der Waals surface area (Å²) in [6, 6.07) is 13.1. The molecule has 0 amide bonds. The van der Waals surface area contributed by atoms with Crippen molar-refractivity contribution >= 4 is 40.1 Å². The molecule has 8 heteroatoms. The van der Waals surface area contributed by atoms with Crippen LogP contribution in [0, 0.1) is 0 Å². The summed E-state index contributed by atoms with van der Waals surface area (Å²) >= 11 is 7.57. The molecular formula is C18H17ClN4O2S. The minimum Gasteiger partial charge on any atom is -0.493 e. The number of anilines is 2. The maximum Gasteiger partial charge on any atom is 0.205 e. The van der Waals surface area contributed by atoms with Crippen molar-refractivity contribution in [1.82, 2.24) is 4.98 Å². The van der Waals surface area contributed by atoms with Crippen molar-refractivity contribution in [1.29, 1.82) is 0 Å². The van der Waals surface area contributed by atoms with E-state index in [1.165, 1.54) is 11.3 Å². The molecule has 0 saturated heterocycles. The number of aromatic nitrogens is 1. The lowest BCUT2D eigenvalue weighted by Gasteiger charge is -2.13. The Balaban J connectivity index is 1.78. The van der Waals surface area contributed by atoms with Gasteiger partial charge in [0, 0.05) is 21.5 Å². The zero-order chi connectivity index (χ0) is 18.4. The van der Waals surface area contributed by atoms with Crippen molar-refractivity contribution in [3.63, 3.8) is 0 Å². The largest absolute Gasteiger partial charge is 0.493 e. The number of nitrogens with zero attached hydrogens (tertiary/aromatic N) is 2. The standard InChI is InChI=1S/C18H17ClN4O2S/c1-24-15-8-4-6-12(9-21-23-18-22-16(20)11-26-18)17(15)25-10-13-5-2-3-7-14(13)19/h2-9,11H,10,20H2,1H3,(H,22,23). The van der Waals surface area contributed by atoms with Crippen LogP contribution < -0.4 is 20.6 Å². The van der Waals surface area contributed by atoms with Crippen LogP contribution >= 0.6 is 22.9 Å². The molecule has 0 atom stereocenters. The molecule has 0 spiro atoms. The number of halogens is 1. The van der Waals surface area contributed by atoms with Crippen molar-refractivity contribution in [2.75, 3.05) is 18.3 Å². The predicted octanol–water partition coefficient (Wildman–Crippen LogP) is 4.41. The second-order valence-electron chi connectivity index (χ2n) is 5.21. The van der Waals surface area contributed by atoms with E-state index in [1.807, 2.05) is 42.5 Å². The molecule has 6 nitrogen and oxygen atoms in total. The van der Waals surface area contributed by atoms with Gasteiger partial charge in [-0.2, -0.15) is 5.10 Å². The number of benzene rings is 2. The summed E-state index contributed by atoms with van der Waals surface area (Å²) in [4.78, 5) is 4.08. The minimum absolute atomic E-state index is 0.317. The van der Waals surface area contributed by atoms with E-state index < -0.39 is 0 Å². The summed E-state index contributed by atoms with van der Waals surface area (Å²) in [7, 11) is 1.59. The van der Waals surface area contributed by atoms with E-state index in [0.717, 1.165) is 11.1 Å². The highest BCUT2D eigenvalue weighted by Gasteiger charge is 2.10. The fourth-order valence-corrected chi connectivity index (χ4v) is 2.95. The SMILES string of the molecule is COc1cccc(C=NNc2nc(N)cs2)c1OCc1ccccc1Cl. The first-order valence-electron chi connectivity index (χ1n) is 7.70. The molecule has 0 saturated carbocycles.